The molecule has 0 saturated carbocycles. The Labute approximate surface area is 174 Å². The van der Waals surface area contributed by atoms with Crippen molar-refractivity contribution >= 4 is 23.1 Å². The van der Waals surface area contributed by atoms with E-state index >= 15 is 0 Å². The van der Waals surface area contributed by atoms with E-state index in [1.807, 2.05) is 4.57 Å². The molecule has 3 heterocycles. The van der Waals surface area contributed by atoms with Crippen LogP contribution in [-0.4, -0.2) is 62.1 Å². The Morgan fingerprint density at radius 2 is 1.90 bits per heavy atom. The summed E-state index contributed by atoms with van der Waals surface area (Å²) in [6.07, 6.45) is 1.93. The number of nitrogens with zero attached hydrogens (tertiary/aromatic N) is 5. The first kappa shape index (κ1) is 23.7. The number of carboxylic acid groups (broad SMARTS) is 1. The van der Waals surface area contributed by atoms with Crippen LogP contribution in [0.15, 0.2) is 22.2 Å². The molecule has 3 rings (SSSR count). The third-order valence-electron chi connectivity index (χ3n) is 4.42. The molecule has 0 atom stereocenters. The van der Waals surface area contributed by atoms with Gasteiger partial charge in [-0.1, -0.05) is 12.0 Å². The number of hydrogen-bond donors (Lipinski definition) is 2. The second kappa shape index (κ2) is 9.52. The fourth-order valence-corrected chi connectivity index (χ4v) is 3.00. The highest BCUT2D eigenvalue weighted by Crippen LogP contribution is 2.20. The van der Waals surface area contributed by atoms with Crippen LogP contribution in [0.5, 0.6) is 0 Å². The number of aromatic nitrogens is 4. The summed E-state index contributed by atoms with van der Waals surface area (Å²) >= 11 is 0. The normalized spacial score (nSPS) is 14.0. The summed E-state index contributed by atoms with van der Waals surface area (Å²) in [5.41, 5.74) is -0.128. The van der Waals surface area contributed by atoms with Gasteiger partial charge in [0, 0.05) is 39.8 Å². The molecule has 168 valence electrons. The van der Waals surface area contributed by atoms with Gasteiger partial charge in [-0.15, -0.1) is 13.0 Å². The number of alkyl halides is 3. The molecule has 0 spiro atoms. The smallest absolute Gasteiger partial charge is 0.475 e. The molecular formula is C18H21F3N6O4. The maximum Gasteiger partial charge on any atom is 0.490 e. The van der Waals surface area contributed by atoms with Crippen molar-refractivity contribution in [1.29, 1.82) is 0 Å². The number of aliphatic carboxylic acids is 1. The number of carbonyl (C=O) groups is 1. The summed E-state index contributed by atoms with van der Waals surface area (Å²) in [6.45, 7) is 7.39. The first-order valence-electron chi connectivity index (χ1n) is 9.04. The van der Waals surface area contributed by atoms with Gasteiger partial charge in [0.1, 0.15) is 0 Å². The topological polar surface area (TPSA) is 114 Å². The molecule has 1 fully saturated rings. The predicted octanol–water partition coefficient (Wildman–Crippen LogP) is -0.241. The van der Waals surface area contributed by atoms with Gasteiger partial charge in [-0.05, 0) is 0 Å². The molecule has 2 aromatic heterocycles. The van der Waals surface area contributed by atoms with E-state index in [4.69, 9.17) is 16.3 Å². The third-order valence-corrected chi connectivity index (χ3v) is 4.42. The summed E-state index contributed by atoms with van der Waals surface area (Å²) < 4.78 is 36.0. The molecule has 0 bridgehead atoms. The van der Waals surface area contributed by atoms with Gasteiger partial charge in [-0.3, -0.25) is 9.36 Å². The van der Waals surface area contributed by atoms with Crippen LogP contribution >= 0.6 is 0 Å². The van der Waals surface area contributed by atoms with E-state index < -0.39 is 23.4 Å². The molecule has 0 radical (unpaired) electrons. The Kier molecular flexibility index (Phi) is 7.29. The number of fused-ring (bicyclic) bond motifs is 1. The maximum atomic E-state index is 12.8. The summed E-state index contributed by atoms with van der Waals surface area (Å²) in [7, 11) is 1.60. The molecule has 2 N–H and O–H groups in total. The number of rotatable bonds is 4. The average Bonchev–Trinajstić information content (AvgIpc) is 3.10. The lowest BCUT2D eigenvalue weighted by molar-refractivity contribution is -0.192. The SMILES string of the molecule is C#CCn1c(=O)c2c(nc(N3CCNCC3)n2CC=C)n(C)c1=O.O=C(O)C(F)(F)F. The van der Waals surface area contributed by atoms with Crippen LogP contribution in [0, 0.1) is 12.3 Å². The molecule has 10 nitrogen and oxygen atoms in total. The molecule has 13 heteroatoms. The first-order chi connectivity index (χ1) is 14.5. The second-order valence-corrected chi connectivity index (χ2v) is 6.46. The van der Waals surface area contributed by atoms with Gasteiger partial charge in [-0.2, -0.15) is 18.2 Å². The van der Waals surface area contributed by atoms with Gasteiger partial charge in [0.2, 0.25) is 5.95 Å². The number of imidazole rings is 1. The molecule has 0 aromatic carbocycles. The molecule has 0 aliphatic carbocycles. The molecule has 0 unspecified atom stereocenters. The van der Waals surface area contributed by atoms with Crippen LogP contribution in [0.3, 0.4) is 0 Å². The molecular weight excluding hydrogens is 421 g/mol. The fourth-order valence-electron chi connectivity index (χ4n) is 3.00. The van der Waals surface area contributed by atoms with Crippen molar-refractivity contribution in [3.63, 3.8) is 0 Å². The summed E-state index contributed by atoms with van der Waals surface area (Å²) in [6, 6.07) is 0. The number of allylic oxidation sites excluding steroid dienone is 1. The first-order valence-corrected chi connectivity index (χ1v) is 9.04. The molecule has 0 amide bonds. The Morgan fingerprint density at radius 1 is 1.32 bits per heavy atom. The van der Waals surface area contributed by atoms with Crippen LogP contribution in [0.1, 0.15) is 0 Å². The number of nitrogens with one attached hydrogen (secondary N) is 1. The zero-order valence-corrected chi connectivity index (χ0v) is 16.6. The van der Waals surface area contributed by atoms with Crippen molar-refractivity contribution < 1.29 is 23.1 Å². The van der Waals surface area contributed by atoms with Crippen molar-refractivity contribution in [2.45, 2.75) is 19.3 Å². The third kappa shape index (κ3) is 4.97. The second-order valence-electron chi connectivity index (χ2n) is 6.46. The van der Waals surface area contributed by atoms with Gasteiger partial charge in [-0.25, -0.2) is 14.2 Å². The van der Waals surface area contributed by atoms with Crippen molar-refractivity contribution in [2.75, 3.05) is 31.1 Å². The number of hydrogen-bond acceptors (Lipinski definition) is 6. The summed E-state index contributed by atoms with van der Waals surface area (Å²) in [4.78, 5) is 40.8. The van der Waals surface area contributed by atoms with E-state index in [1.165, 1.54) is 4.57 Å². The molecule has 2 aromatic rings. The Bertz CT molecular complexity index is 1130. The molecule has 31 heavy (non-hydrogen) atoms. The van der Waals surface area contributed by atoms with Gasteiger partial charge >= 0.3 is 17.8 Å². The minimum Gasteiger partial charge on any atom is -0.475 e. The Hall–Kier alpha value is -3.53. The monoisotopic (exact) mass is 442 g/mol. The summed E-state index contributed by atoms with van der Waals surface area (Å²) in [5, 5.41) is 10.4. The highest BCUT2D eigenvalue weighted by molar-refractivity contribution is 5.75. The largest absolute Gasteiger partial charge is 0.490 e. The zero-order chi connectivity index (χ0) is 23.3. The number of aryl methyl sites for hydroxylation is 1. The van der Waals surface area contributed by atoms with Gasteiger partial charge in [0.25, 0.3) is 5.56 Å². The standard InChI is InChI=1S/C16H20N6O2.C2HF3O2/c1-4-8-21-12-13(18-15(21)20-10-6-17-7-11-20)19(3)16(24)22(9-5-2)14(12)23;3-2(4,5)1(6)7/h2,4,17H,1,6-11H2,3H3;(H,6,7). The Morgan fingerprint density at radius 3 is 2.39 bits per heavy atom. The van der Waals surface area contributed by atoms with Crippen LogP contribution in [0.25, 0.3) is 11.2 Å². The highest BCUT2D eigenvalue weighted by Gasteiger charge is 2.38. The van der Waals surface area contributed by atoms with E-state index in [9.17, 15) is 22.8 Å². The average molecular weight is 442 g/mol. The molecule has 1 aliphatic heterocycles. The molecule has 1 saturated heterocycles. The lowest BCUT2D eigenvalue weighted by Crippen LogP contribution is -2.44. The number of piperazine rings is 1. The number of terminal acetylenes is 1. The van der Waals surface area contributed by atoms with E-state index in [0.717, 1.165) is 30.7 Å². The number of anilines is 1. The minimum absolute atomic E-state index is 0.0658. The zero-order valence-electron chi connectivity index (χ0n) is 16.6. The number of halogens is 3. The quantitative estimate of drug-likeness (QED) is 0.496. The van der Waals surface area contributed by atoms with Crippen molar-refractivity contribution in [2.24, 2.45) is 7.05 Å². The van der Waals surface area contributed by atoms with Gasteiger partial charge in [0.15, 0.2) is 11.2 Å². The van der Waals surface area contributed by atoms with Crippen LogP contribution in [-0.2, 0) is 24.9 Å². The highest BCUT2D eigenvalue weighted by atomic mass is 19.4. The van der Waals surface area contributed by atoms with Crippen LogP contribution in [0.2, 0.25) is 0 Å². The van der Waals surface area contributed by atoms with Crippen LogP contribution < -0.4 is 21.5 Å². The van der Waals surface area contributed by atoms with E-state index in [1.54, 1.807) is 13.1 Å². The van der Waals surface area contributed by atoms with E-state index in [0.29, 0.717) is 23.7 Å². The molecule has 1 aliphatic rings. The lowest BCUT2D eigenvalue weighted by Gasteiger charge is -2.28. The van der Waals surface area contributed by atoms with Gasteiger partial charge < -0.3 is 19.9 Å². The minimum atomic E-state index is -5.08. The van der Waals surface area contributed by atoms with Crippen LogP contribution in [0.4, 0.5) is 19.1 Å². The maximum absolute atomic E-state index is 12.8. The fraction of sp³-hybridized carbons (Fsp3) is 0.444. The number of carboxylic acids is 1. The van der Waals surface area contributed by atoms with Crippen molar-refractivity contribution in [3.05, 3.63) is 33.5 Å². The van der Waals surface area contributed by atoms with Gasteiger partial charge in [0.05, 0.1) is 6.54 Å². The summed E-state index contributed by atoms with van der Waals surface area (Å²) in [5.74, 6) is 0.281. The van der Waals surface area contributed by atoms with Crippen molar-refractivity contribution in [3.8, 4) is 12.3 Å². The lowest BCUT2D eigenvalue weighted by atomic mass is 10.4. The van der Waals surface area contributed by atoms with Crippen molar-refractivity contribution in [1.82, 2.24) is 24.0 Å². The Balaban J connectivity index is 0.000000423. The predicted molar refractivity (Wildman–Crippen MR) is 107 cm³/mol. The van der Waals surface area contributed by atoms with E-state index in [2.05, 4.69) is 27.7 Å². The van der Waals surface area contributed by atoms with E-state index in [-0.39, 0.29) is 6.54 Å².